The number of thioether (sulfide) groups is 1. The molecule has 3 rings (SSSR count). The summed E-state index contributed by atoms with van der Waals surface area (Å²) in [6, 6.07) is 3.17. The number of piperidine rings is 1. The first-order valence-corrected chi connectivity index (χ1v) is 12.0. The van der Waals surface area contributed by atoms with Crippen molar-refractivity contribution in [2.45, 2.75) is 50.0 Å². The van der Waals surface area contributed by atoms with Gasteiger partial charge in [0, 0.05) is 30.5 Å². The minimum Gasteiger partial charge on any atom is -0.355 e. The largest absolute Gasteiger partial charge is 0.355 e. The quantitative estimate of drug-likeness (QED) is 0.529. The molecule has 156 valence electrons. The van der Waals surface area contributed by atoms with Crippen molar-refractivity contribution in [1.82, 2.24) is 14.3 Å². The molecular weight excluding hydrogens is 410 g/mol. The van der Waals surface area contributed by atoms with E-state index in [0.29, 0.717) is 40.6 Å². The predicted octanol–water partition coefficient (Wildman–Crippen LogP) is 3.38. The van der Waals surface area contributed by atoms with Crippen LogP contribution in [0, 0.1) is 13.8 Å². The highest BCUT2D eigenvalue weighted by molar-refractivity contribution is 7.99. The van der Waals surface area contributed by atoms with Crippen molar-refractivity contribution >= 4 is 33.4 Å². The van der Waals surface area contributed by atoms with Crippen molar-refractivity contribution in [1.29, 1.82) is 0 Å². The van der Waals surface area contributed by atoms with Gasteiger partial charge < -0.3 is 4.98 Å². The predicted molar refractivity (Wildman–Crippen MR) is 112 cm³/mol. The molecule has 2 aromatic rings. The molecular formula is C20H25N3O4S2. The first kappa shape index (κ1) is 21.7. The number of Topliss-reactive ketones (excluding diaryl/α,β-unsaturated/α-hetero) is 2. The van der Waals surface area contributed by atoms with Gasteiger partial charge in [-0.05, 0) is 51.3 Å². The number of pyridine rings is 1. The Balaban J connectivity index is 1.67. The Morgan fingerprint density at radius 3 is 2.41 bits per heavy atom. The number of aryl methyl sites for hydroxylation is 1. The van der Waals surface area contributed by atoms with Gasteiger partial charge in [-0.2, -0.15) is 4.31 Å². The Morgan fingerprint density at radius 1 is 1.17 bits per heavy atom. The van der Waals surface area contributed by atoms with E-state index in [9.17, 15) is 18.0 Å². The zero-order chi connectivity index (χ0) is 21.2. The number of hydrogen-bond acceptors (Lipinski definition) is 6. The molecule has 0 bridgehead atoms. The number of aromatic nitrogens is 2. The summed E-state index contributed by atoms with van der Waals surface area (Å²) >= 11 is 1.24. The van der Waals surface area contributed by atoms with Gasteiger partial charge in [0.25, 0.3) is 0 Å². The van der Waals surface area contributed by atoms with E-state index in [1.165, 1.54) is 29.2 Å². The highest BCUT2D eigenvalue weighted by Crippen LogP contribution is 2.24. The lowest BCUT2D eigenvalue weighted by molar-refractivity contribution is 0.101. The van der Waals surface area contributed by atoms with E-state index in [-0.39, 0.29) is 22.2 Å². The van der Waals surface area contributed by atoms with Gasteiger partial charge in [-0.15, -0.1) is 0 Å². The minimum absolute atomic E-state index is 0.0740. The van der Waals surface area contributed by atoms with E-state index in [1.807, 2.05) is 0 Å². The van der Waals surface area contributed by atoms with Gasteiger partial charge in [-0.25, -0.2) is 13.4 Å². The number of nitrogens with zero attached hydrogens (tertiary/aromatic N) is 2. The molecule has 1 N–H and O–H groups in total. The van der Waals surface area contributed by atoms with Crippen LogP contribution in [0.2, 0.25) is 0 Å². The Morgan fingerprint density at radius 2 is 1.86 bits per heavy atom. The second-order valence-corrected chi connectivity index (χ2v) is 10.1. The number of nitrogens with one attached hydrogen (secondary N) is 1. The van der Waals surface area contributed by atoms with Crippen LogP contribution in [0.3, 0.4) is 0 Å². The van der Waals surface area contributed by atoms with Gasteiger partial charge in [0.2, 0.25) is 10.0 Å². The number of hydrogen-bond donors (Lipinski definition) is 1. The summed E-state index contributed by atoms with van der Waals surface area (Å²) < 4.78 is 26.8. The van der Waals surface area contributed by atoms with Crippen LogP contribution in [-0.4, -0.2) is 53.1 Å². The Labute approximate surface area is 175 Å². The maximum Gasteiger partial charge on any atom is 0.244 e. The van der Waals surface area contributed by atoms with Crippen molar-refractivity contribution in [2.24, 2.45) is 0 Å². The van der Waals surface area contributed by atoms with Crippen LogP contribution in [0.15, 0.2) is 28.3 Å². The van der Waals surface area contributed by atoms with Crippen LogP contribution in [0.1, 0.15) is 58.3 Å². The molecule has 1 aliphatic heterocycles. The molecule has 29 heavy (non-hydrogen) atoms. The molecule has 1 fully saturated rings. The summed E-state index contributed by atoms with van der Waals surface area (Å²) in [7, 11) is -3.51. The van der Waals surface area contributed by atoms with Gasteiger partial charge >= 0.3 is 0 Å². The second kappa shape index (κ2) is 8.81. The van der Waals surface area contributed by atoms with Crippen LogP contribution in [0.25, 0.3) is 0 Å². The van der Waals surface area contributed by atoms with Gasteiger partial charge in [0.1, 0.15) is 4.90 Å². The maximum atomic E-state index is 12.7. The standard InChI is InChI=1S/C20H25N3O4S2/c1-13-19(15(3)24)14(2)22-20(13)17(25)12-28-18-8-7-16(11-21-18)29(26,27)23-9-5-4-6-10-23/h7-8,11,22H,4-6,9-10,12H2,1-3H3. The van der Waals surface area contributed by atoms with Gasteiger partial charge in [-0.3, -0.25) is 9.59 Å². The lowest BCUT2D eigenvalue weighted by Crippen LogP contribution is -2.35. The summed E-state index contributed by atoms with van der Waals surface area (Å²) in [5.74, 6) is -0.0614. The van der Waals surface area contributed by atoms with Gasteiger partial charge in [0.05, 0.1) is 16.5 Å². The van der Waals surface area contributed by atoms with E-state index < -0.39 is 10.0 Å². The van der Waals surface area contributed by atoms with E-state index in [2.05, 4.69) is 9.97 Å². The summed E-state index contributed by atoms with van der Waals surface area (Å²) in [4.78, 5) is 31.7. The van der Waals surface area contributed by atoms with Crippen LogP contribution < -0.4 is 0 Å². The molecule has 1 aliphatic rings. The number of H-pyrrole nitrogens is 1. The number of rotatable bonds is 7. The topological polar surface area (TPSA) is 100 Å². The molecule has 7 nitrogen and oxygen atoms in total. The van der Waals surface area contributed by atoms with Crippen molar-refractivity contribution < 1.29 is 18.0 Å². The average molecular weight is 436 g/mol. The zero-order valence-electron chi connectivity index (χ0n) is 16.8. The average Bonchev–Trinajstić information content (AvgIpc) is 3.01. The summed E-state index contributed by atoms with van der Waals surface area (Å²) in [5, 5.41) is 0.573. The molecule has 2 aromatic heterocycles. The van der Waals surface area contributed by atoms with E-state index >= 15 is 0 Å². The van der Waals surface area contributed by atoms with Crippen molar-refractivity contribution in [3.05, 3.63) is 40.8 Å². The SMILES string of the molecule is CC(=O)c1c(C)[nH]c(C(=O)CSc2ccc(S(=O)(=O)N3CCCCC3)cn2)c1C. The Bertz CT molecular complexity index is 1020. The highest BCUT2D eigenvalue weighted by Gasteiger charge is 2.26. The summed E-state index contributed by atoms with van der Waals surface area (Å²) in [6.07, 6.45) is 4.17. The smallest absolute Gasteiger partial charge is 0.244 e. The second-order valence-electron chi connectivity index (χ2n) is 7.19. The Hall–Kier alpha value is -1.97. The third-order valence-corrected chi connectivity index (χ3v) is 7.91. The minimum atomic E-state index is -3.51. The fraction of sp³-hybridized carbons (Fsp3) is 0.450. The van der Waals surface area contributed by atoms with E-state index in [1.54, 1.807) is 26.0 Å². The zero-order valence-corrected chi connectivity index (χ0v) is 18.5. The van der Waals surface area contributed by atoms with Crippen LogP contribution in [0.4, 0.5) is 0 Å². The monoisotopic (exact) mass is 435 g/mol. The molecule has 0 atom stereocenters. The summed E-state index contributed by atoms with van der Waals surface area (Å²) in [5.41, 5.74) is 2.35. The molecule has 0 amide bonds. The van der Waals surface area contributed by atoms with E-state index in [4.69, 9.17) is 0 Å². The number of carbonyl (C=O) groups excluding carboxylic acids is 2. The van der Waals surface area contributed by atoms with Crippen LogP contribution in [0.5, 0.6) is 0 Å². The lowest BCUT2D eigenvalue weighted by atomic mass is 10.1. The molecule has 9 heteroatoms. The molecule has 0 spiro atoms. The first-order valence-electron chi connectivity index (χ1n) is 9.54. The van der Waals surface area contributed by atoms with Crippen molar-refractivity contribution in [3.8, 4) is 0 Å². The third-order valence-electron chi connectivity index (χ3n) is 5.08. The fourth-order valence-corrected chi connectivity index (χ4v) is 5.81. The summed E-state index contributed by atoms with van der Waals surface area (Å²) in [6.45, 7) is 6.11. The molecule has 0 saturated carbocycles. The van der Waals surface area contributed by atoms with Crippen LogP contribution in [-0.2, 0) is 10.0 Å². The maximum absolute atomic E-state index is 12.7. The molecule has 0 radical (unpaired) electrons. The number of ketones is 2. The number of aromatic amines is 1. The highest BCUT2D eigenvalue weighted by atomic mass is 32.2. The molecule has 0 unspecified atom stereocenters. The van der Waals surface area contributed by atoms with Gasteiger partial charge in [0.15, 0.2) is 11.6 Å². The number of sulfonamides is 1. The first-order chi connectivity index (χ1) is 13.7. The molecule has 0 aromatic carbocycles. The van der Waals surface area contributed by atoms with Crippen molar-refractivity contribution in [2.75, 3.05) is 18.8 Å². The molecule has 3 heterocycles. The Kier molecular flexibility index (Phi) is 6.60. The lowest BCUT2D eigenvalue weighted by Gasteiger charge is -2.25. The van der Waals surface area contributed by atoms with E-state index in [0.717, 1.165) is 19.3 Å². The van der Waals surface area contributed by atoms with Crippen molar-refractivity contribution in [3.63, 3.8) is 0 Å². The number of carbonyl (C=O) groups is 2. The molecule has 0 aliphatic carbocycles. The molecule has 1 saturated heterocycles. The van der Waals surface area contributed by atoms with Gasteiger partial charge in [-0.1, -0.05) is 18.2 Å². The van der Waals surface area contributed by atoms with Crippen LogP contribution >= 0.6 is 11.8 Å². The fourth-order valence-electron chi connectivity index (χ4n) is 3.63. The normalized spacial score (nSPS) is 15.4. The third kappa shape index (κ3) is 4.62.